The molecule has 1 atom stereocenters. The van der Waals surface area contributed by atoms with Crippen molar-refractivity contribution in [3.8, 4) is 5.75 Å². The number of hydrogen-bond donors (Lipinski definition) is 0. The summed E-state index contributed by atoms with van der Waals surface area (Å²) in [4.78, 5) is 38.3. The van der Waals surface area contributed by atoms with Crippen molar-refractivity contribution < 1.29 is 18.7 Å². The van der Waals surface area contributed by atoms with E-state index < -0.39 is 5.82 Å². The molecule has 4 rings (SSSR count). The molecule has 1 aromatic carbocycles. The molecule has 1 aromatic heterocycles. The molecule has 32 heavy (non-hydrogen) atoms. The van der Waals surface area contributed by atoms with Gasteiger partial charge in [-0.1, -0.05) is 12.1 Å². The van der Waals surface area contributed by atoms with Crippen LogP contribution in [-0.4, -0.2) is 57.8 Å². The van der Waals surface area contributed by atoms with Crippen molar-refractivity contribution in [3.05, 3.63) is 53.4 Å². The molecule has 3 heterocycles. The highest BCUT2D eigenvalue weighted by molar-refractivity contribution is 5.95. The van der Waals surface area contributed by atoms with Gasteiger partial charge in [0.2, 0.25) is 5.91 Å². The summed E-state index contributed by atoms with van der Waals surface area (Å²) < 4.78 is 19.1. The molecule has 7 nitrogen and oxygen atoms in total. The second-order valence-electron chi connectivity index (χ2n) is 8.35. The summed E-state index contributed by atoms with van der Waals surface area (Å²) in [7, 11) is 0. The molecule has 0 N–H and O–H groups in total. The smallest absolute Gasteiger partial charge is 0.257 e. The van der Waals surface area contributed by atoms with Crippen LogP contribution in [-0.2, 0) is 4.79 Å². The van der Waals surface area contributed by atoms with E-state index in [1.807, 2.05) is 16.7 Å². The predicted molar refractivity (Wildman–Crippen MR) is 117 cm³/mol. The van der Waals surface area contributed by atoms with E-state index in [4.69, 9.17) is 4.74 Å². The summed E-state index contributed by atoms with van der Waals surface area (Å²) in [5.74, 6) is 0.391. The number of amides is 2. The van der Waals surface area contributed by atoms with Crippen LogP contribution in [0.5, 0.6) is 5.75 Å². The van der Waals surface area contributed by atoms with Crippen molar-refractivity contribution in [2.24, 2.45) is 0 Å². The standard InChI is InChI=1S/C24H29FN4O3/c1-17-18(24(31)28-12-4-5-13-28)16-26-23(27-17)20-9-6-14-29(20)22(30)11-7-15-32-21-10-3-2-8-19(21)25/h2-3,8,10,16,20H,4-7,9,11-15H2,1H3/t20-/m0/s1. The van der Waals surface area contributed by atoms with Gasteiger partial charge < -0.3 is 14.5 Å². The van der Waals surface area contributed by atoms with Crippen LogP contribution in [0.2, 0.25) is 0 Å². The van der Waals surface area contributed by atoms with Gasteiger partial charge in [-0.2, -0.15) is 0 Å². The summed E-state index contributed by atoms with van der Waals surface area (Å²) in [6, 6.07) is 6.07. The minimum absolute atomic E-state index is 0.0132. The molecule has 0 spiro atoms. The van der Waals surface area contributed by atoms with Crippen molar-refractivity contribution in [3.63, 3.8) is 0 Å². The molecule has 2 aromatic rings. The van der Waals surface area contributed by atoms with E-state index in [9.17, 15) is 14.0 Å². The highest BCUT2D eigenvalue weighted by Crippen LogP contribution is 2.31. The van der Waals surface area contributed by atoms with E-state index >= 15 is 0 Å². The third-order valence-corrected chi connectivity index (χ3v) is 6.12. The first kappa shape index (κ1) is 22.2. The van der Waals surface area contributed by atoms with Gasteiger partial charge in [0.05, 0.1) is 23.9 Å². The average molecular weight is 441 g/mol. The van der Waals surface area contributed by atoms with E-state index in [1.165, 1.54) is 6.07 Å². The minimum atomic E-state index is -0.405. The topological polar surface area (TPSA) is 75.6 Å². The first-order chi connectivity index (χ1) is 15.5. The van der Waals surface area contributed by atoms with Crippen LogP contribution < -0.4 is 4.74 Å². The number of hydrogen-bond acceptors (Lipinski definition) is 5. The van der Waals surface area contributed by atoms with E-state index in [1.54, 1.807) is 24.4 Å². The summed E-state index contributed by atoms with van der Waals surface area (Å²) in [6.07, 6.45) is 6.19. The summed E-state index contributed by atoms with van der Waals surface area (Å²) in [6.45, 7) is 4.33. The zero-order chi connectivity index (χ0) is 22.5. The number of aryl methyl sites for hydroxylation is 1. The molecule has 2 saturated heterocycles. The first-order valence-electron chi connectivity index (χ1n) is 11.3. The lowest BCUT2D eigenvalue weighted by atomic mass is 10.1. The highest BCUT2D eigenvalue weighted by atomic mass is 19.1. The Hall–Kier alpha value is -3.03. The molecule has 0 radical (unpaired) electrons. The van der Waals surface area contributed by atoms with Gasteiger partial charge in [0.15, 0.2) is 17.4 Å². The lowest BCUT2D eigenvalue weighted by Crippen LogP contribution is -2.32. The van der Waals surface area contributed by atoms with Gasteiger partial charge in [-0.15, -0.1) is 0 Å². The van der Waals surface area contributed by atoms with Gasteiger partial charge >= 0.3 is 0 Å². The Bertz CT molecular complexity index is 977. The maximum atomic E-state index is 13.6. The fourth-order valence-electron chi connectivity index (χ4n) is 4.39. The van der Waals surface area contributed by atoms with Crippen molar-refractivity contribution in [1.82, 2.24) is 19.8 Å². The van der Waals surface area contributed by atoms with Crippen LogP contribution in [0.1, 0.15) is 66.4 Å². The number of ether oxygens (including phenoxy) is 1. The van der Waals surface area contributed by atoms with Gasteiger partial charge in [-0.3, -0.25) is 9.59 Å². The third-order valence-electron chi connectivity index (χ3n) is 6.12. The minimum Gasteiger partial charge on any atom is -0.491 e. The maximum absolute atomic E-state index is 13.6. The van der Waals surface area contributed by atoms with Crippen LogP contribution in [0.15, 0.2) is 30.5 Å². The van der Waals surface area contributed by atoms with E-state index in [2.05, 4.69) is 9.97 Å². The molecule has 2 aliphatic rings. The van der Waals surface area contributed by atoms with Crippen molar-refractivity contribution in [1.29, 1.82) is 0 Å². The number of carbonyl (C=O) groups excluding carboxylic acids is 2. The Morgan fingerprint density at radius 2 is 1.94 bits per heavy atom. The summed E-state index contributed by atoms with van der Waals surface area (Å²) in [5, 5.41) is 0. The Balaban J connectivity index is 1.34. The average Bonchev–Trinajstić information content (AvgIpc) is 3.49. The molecule has 2 fully saturated rings. The molecule has 170 valence electrons. The number of likely N-dealkylation sites (tertiary alicyclic amines) is 2. The number of rotatable bonds is 7. The molecular formula is C24H29FN4O3. The van der Waals surface area contributed by atoms with Crippen LogP contribution in [0, 0.1) is 12.7 Å². The Morgan fingerprint density at radius 3 is 2.69 bits per heavy atom. The second-order valence-corrected chi connectivity index (χ2v) is 8.35. The third kappa shape index (κ3) is 4.89. The highest BCUT2D eigenvalue weighted by Gasteiger charge is 2.32. The quantitative estimate of drug-likeness (QED) is 0.614. The van der Waals surface area contributed by atoms with Gasteiger partial charge in [-0.05, 0) is 51.2 Å². The van der Waals surface area contributed by atoms with Gasteiger partial charge in [0.25, 0.3) is 5.91 Å². The van der Waals surface area contributed by atoms with Crippen LogP contribution in [0.3, 0.4) is 0 Å². The maximum Gasteiger partial charge on any atom is 0.257 e. The lowest BCUT2D eigenvalue weighted by molar-refractivity contribution is -0.132. The molecule has 2 aliphatic heterocycles. The van der Waals surface area contributed by atoms with Gasteiger partial charge in [-0.25, -0.2) is 14.4 Å². The fraction of sp³-hybridized carbons (Fsp3) is 0.500. The summed E-state index contributed by atoms with van der Waals surface area (Å²) in [5.41, 5.74) is 1.20. The number of para-hydroxylation sites is 1. The zero-order valence-electron chi connectivity index (χ0n) is 18.4. The lowest BCUT2D eigenvalue weighted by Gasteiger charge is -2.24. The van der Waals surface area contributed by atoms with Crippen molar-refractivity contribution >= 4 is 11.8 Å². The number of carbonyl (C=O) groups is 2. The number of aromatic nitrogens is 2. The second kappa shape index (κ2) is 10.1. The zero-order valence-corrected chi connectivity index (χ0v) is 18.4. The Labute approximate surface area is 187 Å². The fourth-order valence-corrected chi connectivity index (χ4v) is 4.39. The first-order valence-corrected chi connectivity index (χ1v) is 11.3. The Kier molecular flexibility index (Phi) is 6.97. The van der Waals surface area contributed by atoms with E-state index in [0.717, 1.165) is 38.8 Å². The molecule has 0 bridgehead atoms. The largest absolute Gasteiger partial charge is 0.491 e. The number of benzene rings is 1. The predicted octanol–water partition coefficient (Wildman–Crippen LogP) is 3.68. The van der Waals surface area contributed by atoms with Crippen LogP contribution in [0.4, 0.5) is 4.39 Å². The molecule has 8 heteroatoms. The monoisotopic (exact) mass is 440 g/mol. The molecule has 0 aliphatic carbocycles. The molecule has 0 saturated carbocycles. The van der Waals surface area contributed by atoms with Crippen LogP contribution in [0.25, 0.3) is 0 Å². The van der Waals surface area contributed by atoms with Crippen molar-refractivity contribution in [2.75, 3.05) is 26.2 Å². The van der Waals surface area contributed by atoms with Crippen molar-refractivity contribution in [2.45, 2.75) is 51.5 Å². The summed E-state index contributed by atoms with van der Waals surface area (Å²) >= 11 is 0. The van der Waals surface area contributed by atoms with E-state index in [-0.39, 0.29) is 30.2 Å². The molecule has 0 unspecified atom stereocenters. The van der Waals surface area contributed by atoms with E-state index in [0.29, 0.717) is 36.5 Å². The number of halogens is 1. The SMILES string of the molecule is Cc1nc([C@@H]2CCCN2C(=O)CCCOc2ccccc2F)ncc1C(=O)N1CCCC1. The Morgan fingerprint density at radius 1 is 1.16 bits per heavy atom. The molecular weight excluding hydrogens is 411 g/mol. The molecule has 2 amide bonds. The normalized spacial score (nSPS) is 18.2. The van der Waals surface area contributed by atoms with Gasteiger partial charge in [0.1, 0.15) is 0 Å². The van der Waals surface area contributed by atoms with Crippen LogP contribution >= 0.6 is 0 Å². The van der Waals surface area contributed by atoms with Gasteiger partial charge in [0, 0.05) is 32.3 Å². The number of nitrogens with zero attached hydrogens (tertiary/aromatic N) is 4.